The maximum Gasteiger partial charge on any atom is 0.221 e. The number of thiol groups is 1. The van der Waals surface area contributed by atoms with Gasteiger partial charge in [-0.05, 0) is 12.7 Å². The van der Waals surface area contributed by atoms with Crippen molar-refractivity contribution in [2.24, 2.45) is 0 Å². The average molecular weight is 269 g/mol. The minimum absolute atomic E-state index is 0.0148. The Balaban J connectivity index is 2.20. The van der Waals surface area contributed by atoms with E-state index in [1.165, 1.54) is 0 Å². The molecule has 5 nitrogen and oxygen atoms in total. The van der Waals surface area contributed by atoms with Crippen molar-refractivity contribution in [2.75, 3.05) is 19.0 Å². The van der Waals surface area contributed by atoms with Crippen LogP contribution in [-0.2, 0) is 15.1 Å². The number of rotatable bonds is 4. The smallest absolute Gasteiger partial charge is 0.221 e. The van der Waals surface area contributed by atoms with Gasteiger partial charge in [-0.3, -0.25) is 4.79 Å². The van der Waals surface area contributed by atoms with Gasteiger partial charge in [0.1, 0.15) is 11.4 Å². The Bertz CT molecular complexity index is 413. The molecule has 0 unspecified atom stereocenters. The fourth-order valence-electron chi connectivity index (χ4n) is 2.23. The van der Waals surface area contributed by atoms with Crippen molar-refractivity contribution in [3.05, 3.63) is 17.7 Å². The van der Waals surface area contributed by atoms with Gasteiger partial charge >= 0.3 is 0 Å². The molecule has 0 bridgehead atoms. The summed E-state index contributed by atoms with van der Waals surface area (Å²) in [7, 11) is 0. The summed E-state index contributed by atoms with van der Waals surface area (Å²) < 4.78 is 5.39. The van der Waals surface area contributed by atoms with E-state index in [4.69, 9.17) is 4.74 Å². The van der Waals surface area contributed by atoms with Gasteiger partial charge in [-0.25, -0.2) is 4.98 Å². The van der Waals surface area contributed by atoms with Crippen molar-refractivity contribution >= 4 is 18.5 Å². The molecule has 0 atom stereocenters. The number of nitrogens with one attached hydrogen (secondary N) is 2. The fourth-order valence-corrected chi connectivity index (χ4v) is 2.43. The van der Waals surface area contributed by atoms with Crippen LogP contribution < -0.4 is 5.32 Å². The number of hydrogen-bond acceptors (Lipinski definition) is 4. The van der Waals surface area contributed by atoms with E-state index < -0.39 is 5.54 Å². The van der Waals surface area contributed by atoms with Crippen molar-refractivity contribution in [1.82, 2.24) is 15.3 Å². The Kier molecular flexibility index (Phi) is 4.29. The number of aromatic amines is 1. The lowest BCUT2D eigenvalue weighted by Crippen LogP contribution is -2.50. The first-order chi connectivity index (χ1) is 8.66. The highest BCUT2D eigenvalue weighted by molar-refractivity contribution is 7.80. The van der Waals surface area contributed by atoms with Crippen LogP contribution in [0, 0.1) is 6.92 Å². The van der Waals surface area contributed by atoms with Gasteiger partial charge in [-0.15, -0.1) is 0 Å². The van der Waals surface area contributed by atoms with Gasteiger partial charge in [0.2, 0.25) is 5.91 Å². The summed E-state index contributed by atoms with van der Waals surface area (Å²) in [4.78, 5) is 19.5. The fraction of sp³-hybridized carbons (Fsp3) is 0.667. The molecule has 0 aromatic carbocycles. The van der Waals surface area contributed by atoms with Crippen LogP contribution in [0.2, 0.25) is 0 Å². The van der Waals surface area contributed by atoms with Gasteiger partial charge in [-0.1, -0.05) is 0 Å². The summed E-state index contributed by atoms with van der Waals surface area (Å²) >= 11 is 4.09. The van der Waals surface area contributed by atoms with E-state index in [9.17, 15) is 4.79 Å². The highest BCUT2D eigenvalue weighted by atomic mass is 32.1. The van der Waals surface area contributed by atoms with Gasteiger partial charge in [0, 0.05) is 44.4 Å². The van der Waals surface area contributed by atoms with E-state index in [2.05, 4.69) is 27.9 Å². The molecule has 1 amide bonds. The Morgan fingerprint density at radius 2 is 2.33 bits per heavy atom. The van der Waals surface area contributed by atoms with Crippen LogP contribution in [0.4, 0.5) is 0 Å². The lowest BCUT2D eigenvalue weighted by molar-refractivity contribution is -0.124. The molecule has 2 heterocycles. The van der Waals surface area contributed by atoms with Gasteiger partial charge in [0.15, 0.2) is 0 Å². The lowest BCUT2D eigenvalue weighted by atomic mass is 9.89. The molecule has 2 rings (SSSR count). The molecule has 1 aliphatic heterocycles. The zero-order valence-corrected chi connectivity index (χ0v) is 11.4. The topological polar surface area (TPSA) is 67.0 Å². The zero-order chi connectivity index (χ0) is 13.0. The monoisotopic (exact) mass is 269 g/mol. The molecule has 1 aromatic heterocycles. The summed E-state index contributed by atoms with van der Waals surface area (Å²) in [6, 6.07) is 0. The summed E-state index contributed by atoms with van der Waals surface area (Å²) in [5, 5.41) is 3.10. The number of carbonyl (C=O) groups is 1. The summed E-state index contributed by atoms with van der Waals surface area (Å²) in [6.45, 7) is 3.24. The number of H-pyrrole nitrogens is 1. The maximum atomic E-state index is 11.9. The average Bonchev–Trinajstić information content (AvgIpc) is 2.78. The van der Waals surface area contributed by atoms with E-state index in [0.717, 1.165) is 24.4 Å². The second-order valence-electron chi connectivity index (χ2n) is 4.63. The van der Waals surface area contributed by atoms with E-state index in [-0.39, 0.29) is 5.91 Å². The molecule has 1 aliphatic rings. The molecular formula is C12H19N3O2S. The molecule has 2 N–H and O–H groups in total. The molecular weight excluding hydrogens is 250 g/mol. The SMILES string of the molecule is Cc1cnc(C2(NC(=O)CCS)CCOCC2)[nH]1. The minimum atomic E-state index is -0.410. The summed E-state index contributed by atoms with van der Waals surface area (Å²) in [6.07, 6.45) is 3.71. The Morgan fingerprint density at radius 1 is 1.61 bits per heavy atom. The van der Waals surface area contributed by atoms with Crippen molar-refractivity contribution < 1.29 is 9.53 Å². The summed E-state index contributed by atoms with van der Waals surface area (Å²) in [5.74, 6) is 1.40. The Hall–Kier alpha value is -1.01. The second kappa shape index (κ2) is 5.75. The number of ether oxygens (including phenoxy) is 1. The van der Waals surface area contributed by atoms with Gasteiger partial charge in [-0.2, -0.15) is 12.6 Å². The molecule has 1 saturated heterocycles. The minimum Gasteiger partial charge on any atom is -0.381 e. The Morgan fingerprint density at radius 3 is 2.89 bits per heavy atom. The van der Waals surface area contributed by atoms with Crippen LogP contribution in [0.1, 0.15) is 30.8 Å². The van der Waals surface area contributed by atoms with E-state index in [1.54, 1.807) is 6.20 Å². The van der Waals surface area contributed by atoms with Crippen LogP contribution in [-0.4, -0.2) is 34.8 Å². The number of nitrogens with zero attached hydrogens (tertiary/aromatic N) is 1. The van der Waals surface area contributed by atoms with E-state index in [1.807, 2.05) is 6.92 Å². The second-order valence-corrected chi connectivity index (χ2v) is 5.08. The van der Waals surface area contributed by atoms with Gasteiger partial charge in [0.05, 0.1) is 0 Å². The van der Waals surface area contributed by atoms with Crippen LogP contribution in [0.25, 0.3) is 0 Å². The molecule has 0 saturated carbocycles. The van der Waals surface area contributed by atoms with Gasteiger partial charge in [0.25, 0.3) is 0 Å². The largest absolute Gasteiger partial charge is 0.381 e. The molecule has 1 fully saturated rings. The maximum absolute atomic E-state index is 11.9. The quantitative estimate of drug-likeness (QED) is 0.719. The molecule has 0 aliphatic carbocycles. The Labute approximate surface area is 112 Å². The van der Waals surface area contributed by atoms with Gasteiger partial charge < -0.3 is 15.0 Å². The van der Waals surface area contributed by atoms with E-state index >= 15 is 0 Å². The third-order valence-corrected chi connectivity index (χ3v) is 3.44. The number of hydrogen-bond donors (Lipinski definition) is 3. The van der Waals surface area contributed by atoms with Crippen LogP contribution >= 0.6 is 12.6 Å². The number of amides is 1. The highest BCUT2D eigenvalue weighted by Gasteiger charge is 2.38. The normalized spacial score (nSPS) is 18.6. The molecule has 6 heteroatoms. The standard InChI is InChI=1S/C12H19N3O2S/c1-9-8-13-11(14-9)12(3-5-17-6-4-12)15-10(16)2-7-18/h8,18H,2-7H2,1H3,(H,13,14)(H,15,16). The highest BCUT2D eigenvalue weighted by Crippen LogP contribution is 2.30. The van der Waals surface area contributed by atoms with Crippen LogP contribution in [0.5, 0.6) is 0 Å². The predicted octanol–water partition coefficient (Wildman–Crippen LogP) is 1.16. The number of aromatic nitrogens is 2. The van der Waals surface area contributed by atoms with Crippen molar-refractivity contribution in [1.29, 1.82) is 0 Å². The molecule has 18 heavy (non-hydrogen) atoms. The number of aryl methyl sites for hydroxylation is 1. The first-order valence-electron chi connectivity index (χ1n) is 6.18. The molecule has 0 spiro atoms. The first kappa shape index (κ1) is 13.4. The van der Waals surface area contributed by atoms with E-state index in [0.29, 0.717) is 25.4 Å². The predicted molar refractivity (Wildman–Crippen MR) is 71.7 cm³/mol. The number of carbonyl (C=O) groups excluding carboxylic acids is 1. The first-order valence-corrected chi connectivity index (χ1v) is 6.81. The molecule has 100 valence electrons. The third-order valence-electron chi connectivity index (χ3n) is 3.22. The number of imidazole rings is 1. The van der Waals surface area contributed by atoms with Crippen LogP contribution in [0.15, 0.2) is 6.20 Å². The van der Waals surface area contributed by atoms with Crippen molar-refractivity contribution in [3.63, 3.8) is 0 Å². The lowest BCUT2D eigenvalue weighted by Gasteiger charge is -2.36. The van der Waals surface area contributed by atoms with Crippen molar-refractivity contribution in [3.8, 4) is 0 Å². The summed E-state index contributed by atoms with van der Waals surface area (Å²) in [5.41, 5.74) is 0.589. The molecule has 0 radical (unpaired) electrons. The van der Waals surface area contributed by atoms with Crippen LogP contribution in [0.3, 0.4) is 0 Å². The van der Waals surface area contributed by atoms with Crippen molar-refractivity contribution in [2.45, 2.75) is 31.7 Å². The molecule has 1 aromatic rings. The zero-order valence-electron chi connectivity index (χ0n) is 10.5. The third kappa shape index (κ3) is 2.87.